The van der Waals surface area contributed by atoms with Crippen molar-refractivity contribution < 1.29 is 5.11 Å². The van der Waals surface area contributed by atoms with Gasteiger partial charge in [0.15, 0.2) is 0 Å². The molecule has 2 aromatic rings. The van der Waals surface area contributed by atoms with Crippen molar-refractivity contribution in [3.63, 3.8) is 0 Å². The summed E-state index contributed by atoms with van der Waals surface area (Å²) in [5.41, 5.74) is 2.00. The third-order valence-electron chi connectivity index (χ3n) is 2.84. The molecule has 4 heteroatoms. The Hall–Kier alpha value is -1.26. The van der Waals surface area contributed by atoms with Gasteiger partial charge in [0, 0.05) is 11.9 Å². The van der Waals surface area contributed by atoms with Crippen molar-refractivity contribution in [3.05, 3.63) is 41.6 Å². The third-order valence-corrected chi connectivity index (χ3v) is 4.02. The third kappa shape index (κ3) is 2.76. The number of aliphatic hydroxyl groups excluding tert-OH is 1. The van der Waals surface area contributed by atoms with Gasteiger partial charge >= 0.3 is 0 Å². The molecule has 0 fully saturated rings. The van der Waals surface area contributed by atoms with E-state index in [1.54, 1.807) is 11.8 Å². The van der Waals surface area contributed by atoms with Crippen LogP contribution in [0.2, 0.25) is 0 Å². The van der Waals surface area contributed by atoms with E-state index >= 15 is 0 Å². The Kier molecular flexibility index (Phi) is 4.09. The number of aliphatic hydroxyl groups is 1. The van der Waals surface area contributed by atoms with Crippen LogP contribution in [0.5, 0.6) is 0 Å². The molecule has 1 heterocycles. The first kappa shape index (κ1) is 13.2. The highest BCUT2D eigenvalue weighted by molar-refractivity contribution is 7.99. The fraction of sp³-hybridized carbons (Fsp3) is 0.357. The predicted octanol–water partition coefficient (Wildman–Crippen LogP) is 3.32. The first-order chi connectivity index (χ1) is 8.61. The molecule has 0 bridgehead atoms. The van der Waals surface area contributed by atoms with Gasteiger partial charge in [-0.15, -0.1) is 0 Å². The minimum Gasteiger partial charge on any atom is -0.388 e. The van der Waals surface area contributed by atoms with Gasteiger partial charge in [-0.2, -0.15) is 5.10 Å². The van der Waals surface area contributed by atoms with Crippen LogP contribution in [0.25, 0.3) is 0 Å². The van der Waals surface area contributed by atoms with Crippen LogP contribution < -0.4 is 0 Å². The molecule has 0 aliphatic heterocycles. The van der Waals surface area contributed by atoms with E-state index in [2.05, 4.69) is 11.2 Å². The van der Waals surface area contributed by atoms with Gasteiger partial charge < -0.3 is 5.11 Å². The van der Waals surface area contributed by atoms with Gasteiger partial charge in [-0.25, -0.2) is 0 Å². The van der Waals surface area contributed by atoms with E-state index < -0.39 is 6.10 Å². The van der Waals surface area contributed by atoms with Gasteiger partial charge in [0.25, 0.3) is 0 Å². The molecule has 1 atom stereocenters. The average molecular weight is 262 g/mol. The Bertz CT molecular complexity index is 536. The van der Waals surface area contributed by atoms with Crippen molar-refractivity contribution >= 4 is 11.8 Å². The summed E-state index contributed by atoms with van der Waals surface area (Å²) in [6.07, 6.45) is 0.324. The normalized spacial score (nSPS) is 12.7. The summed E-state index contributed by atoms with van der Waals surface area (Å²) in [7, 11) is 1.94. The van der Waals surface area contributed by atoms with E-state index in [0.717, 1.165) is 27.6 Å². The second-order valence-electron chi connectivity index (χ2n) is 4.31. The molecule has 0 saturated heterocycles. The fourth-order valence-corrected chi connectivity index (χ4v) is 2.96. The zero-order chi connectivity index (χ0) is 13.1. The summed E-state index contributed by atoms with van der Waals surface area (Å²) in [5.74, 6) is 0. The van der Waals surface area contributed by atoms with Gasteiger partial charge in [-0.3, -0.25) is 4.68 Å². The molecule has 1 aromatic carbocycles. The smallest absolute Gasteiger partial charge is 0.0987 e. The maximum atomic E-state index is 10.0. The van der Waals surface area contributed by atoms with Crippen LogP contribution in [-0.4, -0.2) is 14.9 Å². The SMILES string of the molecule is CC[C@H](O)c1ccccc1Sc1cc(C)nn1C. The molecule has 0 spiro atoms. The maximum Gasteiger partial charge on any atom is 0.0987 e. The van der Waals surface area contributed by atoms with Crippen LogP contribution >= 0.6 is 11.8 Å². The second kappa shape index (κ2) is 5.59. The minimum atomic E-state index is -0.400. The summed E-state index contributed by atoms with van der Waals surface area (Å²) in [6.45, 7) is 3.97. The Morgan fingerprint density at radius 2 is 2.11 bits per heavy atom. The molecule has 0 aliphatic carbocycles. The summed E-state index contributed by atoms with van der Waals surface area (Å²) in [5, 5.41) is 15.4. The van der Waals surface area contributed by atoms with Crippen molar-refractivity contribution in [2.75, 3.05) is 0 Å². The zero-order valence-corrected chi connectivity index (χ0v) is 11.7. The zero-order valence-electron chi connectivity index (χ0n) is 10.9. The van der Waals surface area contributed by atoms with Gasteiger partial charge in [0.2, 0.25) is 0 Å². The number of hydrogen-bond donors (Lipinski definition) is 1. The van der Waals surface area contributed by atoms with Crippen molar-refractivity contribution in [3.8, 4) is 0 Å². The molecule has 0 radical (unpaired) electrons. The van der Waals surface area contributed by atoms with E-state index in [9.17, 15) is 5.11 Å². The minimum absolute atomic E-state index is 0.400. The van der Waals surface area contributed by atoms with Gasteiger partial charge in [0.1, 0.15) is 0 Å². The van der Waals surface area contributed by atoms with E-state index in [1.165, 1.54) is 0 Å². The van der Waals surface area contributed by atoms with E-state index in [0.29, 0.717) is 0 Å². The summed E-state index contributed by atoms with van der Waals surface area (Å²) >= 11 is 1.65. The number of rotatable bonds is 4. The highest BCUT2D eigenvalue weighted by Gasteiger charge is 2.12. The second-order valence-corrected chi connectivity index (χ2v) is 5.37. The molecule has 0 amide bonds. The molecule has 0 aliphatic rings. The number of aryl methyl sites for hydroxylation is 2. The lowest BCUT2D eigenvalue weighted by Gasteiger charge is -2.13. The molecule has 2 rings (SSSR count). The van der Waals surface area contributed by atoms with Crippen LogP contribution in [0.3, 0.4) is 0 Å². The average Bonchev–Trinajstić information content (AvgIpc) is 2.67. The molecule has 3 nitrogen and oxygen atoms in total. The number of hydrogen-bond acceptors (Lipinski definition) is 3. The van der Waals surface area contributed by atoms with Crippen LogP contribution in [0.15, 0.2) is 40.3 Å². The molecule has 0 saturated carbocycles. The highest BCUT2D eigenvalue weighted by atomic mass is 32.2. The van der Waals surface area contributed by atoms with Crippen LogP contribution in [0.1, 0.15) is 30.7 Å². The van der Waals surface area contributed by atoms with Crippen molar-refractivity contribution in [1.82, 2.24) is 9.78 Å². The molecule has 96 valence electrons. The van der Waals surface area contributed by atoms with Crippen molar-refractivity contribution in [2.24, 2.45) is 7.05 Å². The van der Waals surface area contributed by atoms with Crippen molar-refractivity contribution in [1.29, 1.82) is 0 Å². The molecule has 0 unspecified atom stereocenters. The number of benzene rings is 1. The van der Waals surface area contributed by atoms with Crippen LogP contribution in [0.4, 0.5) is 0 Å². The Balaban J connectivity index is 2.31. The standard InChI is InChI=1S/C14H18N2OS/c1-4-12(17)11-7-5-6-8-13(11)18-14-9-10(2)15-16(14)3/h5-9,12,17H,4H2,1-3H3/t12-/m0/s1. The molecule has 1 aromatic heterocycles. The Labute approximate surface area is 112 Å². The summed E-state index contributed by atoms with van der Waals surface area (Å²) in [4.78, 5) is 1.09. The van der Waals surface area contributed by atoms with E-state index in [-0.39, 0.29) is 0 Å². The fourth-order valence-electron chi connectivity index (χ4n) is 1.86. The Morgan fingerprint density at radius 1 is 1.39 bits per heavy atom. The first-order valence-electron chi connectivity index (χ1n) is 6.07. The van der Waals surface area contributed by atoms with Gasteiger partial charge in [-0.1, -0.05) is 36.9 Å². The largest absolute Gasteiger partial charge is 0.388 e. The van der Waals surface area contributed by atoms with E-state index in [4.69, 9.17) is 0 Å². The highest BCUT2D eigenvalue weighted by Crippen LogP contribution is 2.34. The molecule has 18 heavy (non-hydrogen) atoms. The van der Waals surface area contributed by atoms with Gasteiger partial charge in [-0.05, 0) is 31.0 Å². The number of aromatic nitrogens is 2. The lowest BCUT2D eigenvalue weighted by molar-refractivity contribution is 0.171. The quantitative estimate of drug-likeness (QED) is 0.918. The molecular formula is C14H18N2OS. The lowest BCUT2D eigenvalue weighted by Crippen LogP contribution is -1.98. The first-order valence-corrected chi connectivity index (χ1v) is 6.89. The van der Waals surface area contributed by atoms with Crippen molar-refractivity contribution in [2.45, 2.75) is 36.3 Å². The Morgan fingerprint density at radius 3 is 2.72 bits per heavy atom. The van der Waals surface area contributed by atoms with E-state index in [1.807, 2.05) is 49.8 Å². The van der Waals surface area contributed by atoms with Crippen LogP contribution in [-0.2, 0) is 7.05 Å². The maximum absolute atomic E-state index is 10.0. The molecular weight excluding hydrogens is 244 g/mol. The summed E-state index contributed by atoms with van der Waals surface area (Å²) < 4.78 is 1.87. The summed E-state index contributed by atoms with van der Waals surface area (Å²) in [6, 6.07) is 10.0. The topological polar surface area (TPSA) is 38.1 Å². The molecule has 1 N–H and O–H groups in total. The van der Waals surface area contributed by atoms with Crippen LogP contribution in [0, 0.1) is 6.92 Å². The predicted molar refractivity (Wildman–Crippen MR) is 73.8 cm³/mol. The monoisotopic (exact) mass is 262 g/mol. The number of nitrogens with zero attached hydrogens (tertiary/aromatic N) is 2. The lowest BCUT2D eigenvalue weighted by atomic mass is 10.1. The van der Waals surface area contributed by atoms with Gasteiger partial charge in [0.05, 0.1) is 16.8 Å².